The average molecular weight is 469 g/mol. The maximum Gasteiger partial charge on any atom is 0.259 e. The lowest BCUT2D eigenvalue weighted by atomic mass is 9.99. The monoisotopic (exact) mass is 468 g/mol. The molecule has 4 aromatic rings. The van der Waals surface area contributed by atoms with Gasteiger partial charge in [-0.15, -0.1) is 0 Å². The molecule has 5 rings (SSSR count). The molecule has 6 nitrogen and oxygen atoms in total. The molecule has 35 heavy (non-hydrogen) atoms. The first kappa shape index (κ1) is 22.5. The number of benzene rings is 3. The minimum atomic E-state index is -0.349. The van der Waals surface area contributed by atoms with Gasteiger partial charge in [0.25, 0.3) is 5.91 Å². The smallest absolute Gasteiger partial charge is 0.259 e. The van der Waals surface area contributed by atoms with Gasteiger partial charge in [0.2, 0.25) is 5.91 Å². The summed E-state index contributed by atoms with van der Waals surface area (Å²) in [5, 5.41) is 5.07. The summed E-state index contributed by atoms with van der Waals surface area (Å²) in [6.45, 7) is 0.866. The number of halogens is 1. The summed E-state index contributed by atoms with van der Waals surface area (Å²) in [5.41, 5.74) is 5.98. The molecule has 0 unspecified atom stereocenters. The van der Waals surface area contributed by atoms with E-state index >= 15 is 0 Å². The number of likely N-dealkylation sites (tertiary alicyclic amines) is 1. The Labute approximate surface area is 202 Å². The van der Waals surface area contributed by atoms with Gasteiger partial charge in [-0.3, -0.25) is 9.59 Å². The number of para-hydroxylation sites is 1. The number of nitrogens with zero attached hydrogens (tertiary/aromatic N) is 3. The maximum absolute atomic E-state index is 14.2. The third-order valence-electron chi connectivity index (χ3n) is 6.33. The van der Waals surface area contributed by atoms with Crippen molar-refractivity contribution in [1.29, 1.82) is 0 Å². The molecule has 1 fully saturated rings. The molecule has 2 heterocycles. The van der Waals surface area contributed by atoms with Crippen LogP contribution in [0.25, 0.3) is 10.9 Å². The summed E-state index contributed by atoms with van der Waals surface area (Å²) < 4.78 is 16.1. The van der Waals surface area contributed by atoms with E-state index in [-0.39, 0.29) is 30.1 Å². The molecular formula is C28H25FN4O2. The molecule has 0 aliphatic carbocycles. The van der Waals surface area contributed by atoms with Gasteiger partial charge < -0.3 is 9.47 Å². The summed E-state index contributed by atoms with van der Waals surface area (Å²) in [7, 11) is 0. The Morgan fingerprint density at radius 1 is 1.03 bits per heavy atom. The Morgan fingerprint density at radius 3 is 2.60 bits per heavy atom. The van der Waals surface area contributed by atoms with Crippen LogP contribution >= 0.6 is 0 Å². The first-order chi connectivity index (χ1) is 17.1. The molecule has 0 bridgehead atoms. The van der Waals surface area contributed by atoms with Gasteiger partial charge in [-0.2, -0.15) is 5.10 Å². The van der Waals surface area contributed by atoms with Crippen molar-refractivity contribution in [2.75, 3.05) is 13.1 Å². The highest BCUT2D eigenvalue weighted by Crippen LogP contribution is 2.27. The minimum Gasteiger partial charge on any atom is -0.342 e. The van der Waals surface area contributed by atoms with Gasteiger partial charge in [-0.1, -0.05) is 66.7 Å². The van der Waals surface area contributed by atoms with Gasteiger partial charge in [-0.05, 0) is 17.7 Å². The molecule has 7 heteroatoms. The summed E-state index contributed by atoms with van der Waals surface area (Å²) >= 11 is 0. The summed E-state index contributed by atoms with van der Waals surface area (Å²) in [6, 6.07) is 24.4. The quantitative estimate of drug-likeness (QED) is 0.325. The fraction of sp³-hybridized carbons (Fsp3) is 0.179. The zero-order valence-electron chi connectivity index (χ0n) is 19.1. The van der Waals surface area contributed by atoms with Crippen LogP contribution in [-0.4, -0.2) is 40.6 Å². The van der Waals surface area contributed by atoms with Crippen LogP contribution in [0.15, 0.2) is 90.2 Å². The number of hydrogen-bond acceptors (Lipinski definition) is 3. The molecule has 1 N–H and O–H groups in total. The van der Waals surface area contributed by atoms with E-state index in [4.69, 9.17) is 0 Å². The normalized spacial score (nSPS) is 15.9. The van der Waals surface area contributed by atoms with E-state index in [1.807, 2.05) is 71.4 Å². The fourth-order valence-corrected chi connectivity index (χ4v) is 4.58. The molecule has 0 spiro atoms. The molecule has 0 radical (unpaired) electrons. The predicted molar refractivity (Wildman–Crippen MR) is 134 cm³/mol. The Morgan fingerprint density at radius 2 is 1.77 bits per heavy atom. The van der Waals surface area contributed by atoms with Crippen molar-refractivity contribution in [2.45, 2.75) is 18.9 Å². The Balaban J connectivity index is 1.24. The highest BCUT2D eigenvalue weighted by molar-refractivity contribution is 5.99. The lowest BCUT2D eigenvalue weighted by molar-refractivity contribution is -0.133. The lowest BCUT2D eigenvalue weighted by Gasteiger charge is -2.15. The Hall–Kier alpha value is -4.26. The van der Waals surface area contributed by atoms with Gasteiger partial charge in [0, 0.05) is 47.1 Å². The molecule has 1 atom stereocenters. The van der Waals surface area contributed by atoms with Crippen molar-refractivity contribution >= 4 is 28.9 Å². The van der Waals surface area contributed by atoms with Crippen LogP contribution in [0.5, 0.6) is 0 Å². The van der Waals surface area contributed by atoms with E-state index in [1.54, 1.807) is 23.2 Å². The van der Waals surface area contributed by atoms with Crippen molar-refractivity contribution in [2.24, 2.45) is 5.10 Å². The number of carbonyl (C=O) groups is 2. The average Bonchev–Trinajstić information content (AvgIpc) is 3.41. The number of hydrogen-bond donors (Lipinski definition) is 1. The van der Waals surface area contributed by atoms with E-state index in [2.05, 4.69) is 10.5 Å². The van der Waals surface area contributed by atoms with E-state index < -0.39 is 0 Å². The number of rotatable bonds is 7. The predicted octanol–water partition coefficient (Wildman–Crippen LogP) is 4.29. The van der Waals surface area contributed by atoms with Crippen molar-refractivity contribution in [1.82, 2.24) is 14.9 Å². The van der Waals surface area contributed by atoms with Crippen LogP contribution in [-0.2, 0) is 16.1 Å². The number of fused-ring (bicyclic) bond motifs is 1. The Bertz CT molecular complexity index is 1400. The van der Waals surface area contributed by atoms with Crippen molar-refractivity contribution in [3.05, 3.63) is 108 Å². The van der Waals surface area contributed by atoms with Crippen LogP contribution in [0, 0.1) is 5.82 Å². The highest BCUT2D eigenvalue weighted by atomic mass is 19.1. The largest absolute Gasteiger partial charge is 0.342 e. The molecule has 1 aliphatic heterocycles. The molecule has 2 amide bonds. The zero-order valence-corrected chi connectivity index (χ0v) is 19.1. The summed E-state index contributed by atoms with van der Waals surface area (Å²) in [6.07, 6.45) is 3.87. The molecule has 1 aliphatic rings. The lowest BCUT2D eigenvalue weighted by Crippen LogP contribution is -2.36. The van der Waals surface area contributed by atoms with Crippen molar-refractivity contribution in [3.8, 4) is 0 Å². The van der Waals surface area contributed by atoms with Gasteiger partial charge in [0.15, 0.2) is 0 Å². The van der Waals surface area contributed by atoms with Gasteiger partial charge in [0.05, 0.1) is 12.8 Å². The second-order valence-electron chi connectivity index (χ2n) is 8.70. The second-order valence-corrected chi connectivity index (χ2v) is 8.70. The highest BCUT2D eigenvalue weighted by Gasteiger charge is 2.31. The second kappa shape index (κ2) is 9.93. The minimum absolute atomic E-state index is 0.0332. The van der Waals surface area contributed by atoms with Gasteiger partial charge >= 0.3 is 0 Å². The van der Waals surface area contributed by atoms with E-state index in [1.165, 1.54) is 6.07 Å². The zero-order chi connectivity index (χ0) is 24.2. The summed E-state index contributed by atoms with van der Waals surface area (Å²) in [4.78, 5) is 26.4. The number of aromatic nitrogens is 1. The Kier molecular flexibility index (Phi) is 6.39. The number of hydrazone groups is 1. The molecule has 1 aromatic heterocycles. The number of nitrogens with one attached hydrogen (secondary N) is 1. The topological polar surface area (TPSA) is 66.7 Å². The SMILES string of the molecule is O=C(CN1C[C@H](c2ccccc2)CC1=O)N/N=C\c1cn(Cc2ccccc2F)c2ccccc12. The molecule has 0 saturated carbocycles. The van der Waals surface area contributed by atoms with Crippen LogP contribution in [0.3, 0.4) is 0 Å². The molecule has 176 valence electrons. The van der Waals surface area contributed by atoms with E-state index in [0.29, 0.717) is 25.1 Å². The van der Waals surface area contributed by atoms with Crippen LogP contribution in [0.4, 0.5) is 4.39 Å². The number of amides is 2. The standard InChI is InChI=1S/C28H25FN4O2/c29-25-12-6-4-10-21(25)16-32-18-23(24-11-5-7-13-26(24)32)15-30-31-27(34)19-33-17-22(14-28(33)35)20-8-2-1-3-9-20/h1-13,15,18,22H,14,16-17,19H2,(H,31,34)/b30-15-/t22-/m1/s1. The fourth-order valence-electron chi connectivity index (χ4n) is 4.58. The number of carbonyl (C=O) groups excluding carboxylic acids is 2. The first-order valence-corrected chi connectivity index (χ1v) is 11.5. The van der Waals surface area contributed by atoms with Gasteiger partial charge in [0.1, 0.15) is 12.4 Å². The van der Waals surface area contributed by atoms with E-state index in [9.17, 15) is 14.0 Å². The molecule has 1 saturated heterocycles. The van der Waals surface area contributed by atoms with Crippen LogP contribution in [0.1, 0.15) is 29.0 Å². The first-order valence-electron chi connectivity index (χ1n) is 11.5. The van der Waals surface area contributed by atoms with Crippen LogP contribution < -0.4 is 5.43 Å². The third-order valence-corrected chi connectivity index (χ3v) is 6.33. The molecular weight excluding hydrogens is 443 g/mol. The van der Waals surface area contributed by atoms with Crippen molar-refractivity contribution < 1.29 is 14.0 Å². The van der Waals surface area contributed by atoms with E-state index in [0.717, 1.165) is 22.0 Å². The summed E-state index contributed by atoms with van der Waals surface area (Å²) in [5.74, 6) is -0.535. The third kappa shape index (κ3) is 4.99. The van der Waals surface area contributed by atoms with Crippen molar-refractivity contribution in [3.63, 3.8) is 0 Å². The van der Waals surface area contributed by atoms with Crippen LogP contribution in [0.2, 0.25) is 0 Å². The molecule has 3 aromatic carbocycles. The van der Waals surface area contributed by atoms with Gasteiger partial charge in [-0.25, -0.2) is 9.82 Å². The maximum atomic E-state index is 14.2.